The molecule has 0 heterocycles. The number of nitrogens with one attached hydrogen (secondary N) is 1. The monoisotopic (exact) mass is 306 g/mol. The molecular weight excluding hydrogens is 292 g/mol. The minimum atomic E-state index is -3.62. The van der Waals surface area contributed by atoms with E-state index in [1.54, 1.807) is 6.92 Å². The number of amides is 1. The summed E-state index contributed by atoms with van der Waals surface area (Å²) in [5, 5.41) is 0.148. The largest absolute Gasteiger partial charge is 0.276 e. The molecule has 0 fully saturated rings. The number of hydroxylamine groups is 1. The summed E-state index contributed by atoms with van der Waals surface area (Å²) in [6, 6.07) is 3.92. The van der Waals surface area contributed by atoms with Crippen LogP contribution in [-0.4, -0.2) is 39.3 Å². The van der Waals surface area contributed by atoms with Crippen molar-refractivity contribution in [3.63, 3.8) is 0 Å². The van der Waals surface area contributed by atoms with Gasteiger partial charge in [0.05, 0.1) is 22.1 Å². The molecule has 0 saturated carbocycles. The van der Waals surface area contributed by atoms with E-state index in [1.807, 2.05) is 0 Å². The maximum Gasteiger partial charge on any atom is 0.276 e. The van der Waals surface area contributed by atoms with Crippen molar-refractivity contribution >= 4 is 27.5 Å². The van der Waals surface area contributed by atoms with Gasteiger partial charge in [0.25, 0.3) is 5.91 Å². The van der Waals surface area contributed by atoms with E-state index < -0.39 is 15.9 Å². The highest BCUT2D eigenvalue weighted by Gasteiger charge is 2.20. The quantitative estimate of drug-likeness (QED) is 0.831. The Morgan fingerprint density at radius 1 is 1.42 bits per heavy atom. The molecular formula is C11H15ClN2O4S. The summed E-state index contributed by atoms with van der Waals surface area (Å²) in [7, 11) is -0.803. The van der Waals surface area contributed by atoms with E-state index in [1.165, 1.54) is 32.3 Å². The molecule has 0 atom stereocenters. The molecule has 1 aromatic rings. The van der Waals surface area contributed by atoms with Crippen molar-refractivity contribution in [3.8, 4) is 0 Å². The Labute approximate surface area is 117 Å². The first-order chi connectivity index (χ1) is 8.80. The van der Waals surface area contributed by atoms with Gasteiger partial charge in [0, 0.05) is 14.1 Å². The third kappa shape index (κ3) is 3.66. The predicted molar refractivity (Wildman–Crippen MR) is 71.4 cm³/mol. The molecule has 0 unspecified atom stereocenters. The molecule has 0 spiro atoms. The van der Waals surface area contributed by atoms with E-state index in [2.05, 4.69) is 5.48 Å². The highest BCUT2D eigenvalue weighted by atomic mass is 35.5. The lowest BCUT2D eigenvalue weighted by Crippen LogP contribution is -2.25. The fraction of sp³-hybridized carbons (Fsp3) is 0.364. The smallest absolute Gasteiger partial charge is 0.274 e. The molecule has 1 rings (SSSR count). The van der Waals surface area contributed by atoms with Crippen LogP contribution >= 0.6 is 11.6 Å². The van der Waals surface area contributed by atoms with Gasteiger partial charge in [-0.1, -0.05) is 11.6 Å². The van der Waals surface area contributed by atoms with Gasteiger partial charge in [-0.05, 0) is 25.1 Å². The Kier molecular flexibility index (Phi) is 5.30. The molecule has 6 nitrogen and oxygen atoms in total. The maximum absolute atomic E-state index is 12.0. The molecule has 0 saturated heterocycles. The van der Waals surface area contributed by atoms with Gasteiger partial charge in [-0.25, -0.2) is 18.2 Å². The minimum Gasteiger partial charge on any atom is -0.274 e. The normalized spacial score (nSPS) is 11.6. The first-order valence-electron chi connectivity index (χ1n) is 5.45. The number of sulfonamides is 1. The Balaban J connectivity index is 3.18. The Hall–Kier alpha value is -1.15. The fourth-order valence-electron chi connectivity index (χ4n) is 1.24. The highest BCUT2D eigenvalue weighted by molar-refractivity contribution is 7.89. The zero-order chi connectivity index (χ0) is 14.6. The number of rotatable bonds is 5. The minimum absolute atomic E-state index is 0.0106. The van der Waals surface area contributed by atoms with E-state index in [0.717, 1.165) is 4.31 Å². The second-order valence-corrected chi connectivity index (χ2v) is 6.35. The topological polar surface area (TPSA) is 75.7 Å². The molecule has 1 amide bonds. The summed E-state index contributed by atoms with van der Waals surface area (Å²) in [4.78, 5) is 16.5. The number of benzene rings is 1. The van der Waals surface area contributed by atoms with Crippen LogP contribution in [0.15, 0.2) is 23.1 Å². The van der Waals surface area contributed by atoms with E-state index in [4.69, 9.17) is 16.4 Å². The second kappa shape index (κ2) is 6.33. The number of carbonyl (C=O) groups is 1. The molecule has 0 bridgehead atoms. The van der Waals surface area contributed by atoms with Crippen molar-refractivity contribution in [3.05, 3.63) is 28.8 Å². The summed E-state index contributed by atoms with van der Waals surface area (Å²) in [6.45, 7) is 1.99. The molecule has 1 aromatic carbocycles. The Bertz CT molecular complexity index is 572. The lowest BCUT2D eigenvalue weighted by Gasteiger charge is -2.13. The summed E-state index contributed by atoms with van der Waals surface area (Å²) in [5.74, 6) is -0.595. The van der Waals surface area contributed by atoms with Crippen LogP contribution in [0.5, 0.6) is 0 Å². The number of hydrogen-bond donors (Lipinski definition) is 1. The van der Waals surface area contributed by atoms with E-state index in [-0.39, 0.29) is 15.5 Å². The van der Waals surface area contributed by atoms with Crippen LogP contribution in [0.2, 0.25) is 5.02 Å². The van der Waals surface area contributed by atoms with Crippen molar-refractivity contribution in [2.75, 3.05) is 20.7 Å². The molecule has 0 aliphatic carbocycles. The third-order valence-corrected chi connectivity index (χ3v) is 4.41. The Morgan fingerprint density at radius 3 is 2.58 bits per heavy atom. The molecule has 0 aliphatic rings. The van der Waals surface area contributed by atoms with Crippen molar-refractivity contribution in [2.24, 2.45) is 0 Å². The van der Waals surface area contributed by atoms with Gasteiger partial charge in [-0.2, -0.15) is 0 Å². The summed E-state index contributed by atoms with van der Waals surface area (Å²) >= 11 is 5.87. The van der Waals surface area contributed by atoms with Crippen molar-refractivity contribution in [1.82, 2.24) is 9.79 Å². The predicted octanol–water partition coefficient (Wildman–Crippen LogP) is 1.27. The average molecular weight is 307 g/mol. The van der Waals surface area contributed by atoms with E-state index >= 15 is 0 Å². The molecule has 0 aliphatic heterocycles. The molecule has 0 radical (unpaired) electrons. The average Bonchev–Trinajstić information content (AvgIpc) is 2.36. The Morgan fingerprint density at radius 2 is 2.05 bits per heavy atom. The van der Waals surface area contributed by atoms with Gasteiger partial charge >= 0.3 is 0 Å². The SMILES string of the molecule is CCONC(=O)c1cc(S(=O)(=O)N(C)C)ccc1Cl. The number of hydrogen-bond acceptors (Lipinski definition) is 4. The number of carbonyl (C=O) groups excluding carboxylic acids is 1. The van der Waals surface area contributed by atoms with Crippen molar-refractivity contribution in [1.29, 1.82) is 0 Å². The molecule has 1 N–H and O–H groups in total. The van der Waals surface area contributed by atoms with Gasteiger partial charge in [0.1, 0.15) is 0 Å². The van der Waals surface area contributed by atoms with Gasteiger partial charge < -0.3 is 0 Å². The van der Waals surface area contributed by atoms with E-state index in [0.29, 0.717) is 6.61 Å². The van der Waals surface area contributed by atoms with Crippen molar-refractivity contribution in [2.45, 2.75) is 11.8 Å². The first-order valence-corrected chi connectivity index (χ1v) is 7.26. The zero-order valence-corrected chi connectivity index (χ0v) is 12.4. The van der Waals surface area contributed by atoms with Crippen LogP contribution in [0.3, 0.4) is 0 Å². The number of halogens is 1. The van der Waals surface area contributed by atoms with Crippen LogP contribution in [0.1, 0.15) is 17.3 Å². The van der Waals surface area contributed by atoms with Gasteiger partial charge in [0.15, 0.2) is 0 Å². The standard InChI is InChI=1S/C11H15ClN2O4S/c1-4-18-13-11(15)9-7-8(5-6-10(9)12)19(16,17)14(2)3/h5-7H,4H2,1-3H3,(H,13,15). The van der Waals surface area contributed by atoms with Crippen LogP contribution in [0, 0.1) is 0 Å². The molecule has 19 heavy (non-hydrogen) atoms. The van der Waals surface area contributed by atoms with E-state index in [9.17, 15) is 13.2 Å². The molecule has 8 heteroatoms. The lowest BCUT2D eigenvalue weighted by molar-refractivity contribution is 0.0364. The summed E-state index contributed by atoms with van der Waals surface area (Å²) in [5.41, 5.74) is 2.21. The molecule has 0 aromatic heterocycles. The third-order valence-electron chi connectivity index (χ3n) is 2.27. The zero-order valence-electron chi connectivity index (χ0n) is 10.8. The van der Waals surface area contributed by atoms with Crippen LogP contribution in [0.4, 0.5) is 0 Å². The molecule has 106 valence electrons. The maximum atomic E-state index is 12.0. The fourth-order valence-corrected chi connectivity index (χ4v) is 2.37. The van der Waals surface area contributed by atoms with Crippen LogP contribution in [0.25, 0.3) is 0 Å². The van der Waals surface area contributed by atoms with Crippen molar-refractivity contribution < 1.29 is 18.0 Å². The lowest BCUT2D eigenvalue weighted by atomic mass is 10.2. The highest BCUT2D eigenvalue weighted by Crippen LogP contribution is 2.22. The van der Waals surface area contributed by atoms with Gasteiger partial charge in [-0.3, -0.25) is 9.63 Å². The first kappa shape index (κ1) is 15.9. The van der Waals surface area contributed by atoms with Gasteiger partial charge in [-0.15, -0.1) is 0 Å². The second-order valence-electron chi connectivity index (χ2n) is 3.79. The number of nitrogens with zero attached hydrogens (tertiary/aromatic N) is 1. The van der Waals surface area contributed by atoms with Gasteiger partial charge in [0.2, 0.25) is 10.0 Å². The summed E-state index contributed by atoms with van der Waals surface area (Å²) < 4.78 is 25.0. The van der Waals surface area contributed by atoms with Crippen LogP contribution < -0.4 is 5.48 Å². The summed E-state index contributed by atoms with van der Waals surface area (Å²) in [6.07, 6.45) is 0. The van der Waals surface area contributed by atoms with Crippen LogP contribution in [-0.2, 0) is 14.9 Å².